The Morgan fingerprint density at radius 3 is 2.59 bits per heavy atom. The maximum Gasteiger partial charge on any atom is 0.414 e. The van der Waals surface area contributed by atoms with Gasteiger partial charge in [-0.3, -0.25) is 9.65 Å². The number of nitrogens with one attached hydrogen (secondary N) is 1. The van der Waals surface area contributed by atoms with Crippen LogP contribution in [-0.2, 0) is 15.9 Å². The molecular formula is C16H24NO4P. The van der Waals surface area contributed by atoms with Gasteiger partial charge in [0, 0.05) is 6.16 Å². The van der Waals surface area contributed by atoms with E-state index in [9.17, 15) is 14.3 Å². The van der Waals surface area contributed by atoms with Crippen LogP contribution < -0.4 is 5.09 Å². The van der Waals surface area contributed by atoms with Crippen LogP contribution in [0.5, 0.6) is 0 Å². The van der Waals surface area contributed by atoms with Gasteiger partial charge in [0.25, 0.3) is 7.52 Å². The molecule has 122 valence electrons. The number of ether oxygens (including phenoxy) is 1. The summed E-state index contributed by atoms with van der Waals surface area (Å²) >= 11 is 0. The molecule has 1 saturated carbocycles. The molecule has 1 aliphatic carbocycles. The highest BCUT2D eigenvalue weighted by molar-refractivity contribution is 7.56. The third-order valence-electron chi connectivity index (χ3n) is 4.04. The molecule has 0 saturated heterocycles. The first-order chi connectivity index (χ1) is 10.6. The van der Waals surface area contributed by atoms with Gasteiger partial charge < -0.3 is 9.63 Å². The van der Waals surface area contributed by atoms with E-state index < -0.39 is 13.6 Å². The Hall–Kier alpha value is -1.32. The highest BCUT2D eigenvalue weighted by Crippen LogP contribution is 2.39. The maximum absolute atomic E-state index is 12.0. The molecule has 22 heavy (non-hydrogen) atoms. The Bertz CT molecular complexity index is 514. The van der Waals surface area contributed by atoms with Gasteiger partial charge in [0.1, 0.15) is 6.61 Å². The summed E-state index contributed by atoms with van der Waals surface area (Å²) in [6.45, 7) is 0.0926. The third kappa shape index (κ3) is 6.20. The summed E-state index contributed by atoms with van der Waals surface area (Å²) in [5, 5.41) is 2.12. The van der Waals surface area contributed by atoms with Crippen LogP contribution >= 0.6 is 7.52 Å². The van der Waals surface area contributed by atoms with Crippen LogP contribution in [0.15, 0.2) is 30.3 Å². The van der Waals surface area contributed by atoms with Gasteiger partial charge in [-0.1, -0.05) is 62.4 Å². The van der Waals surface area contributed by atoms with Crippen molar-refractivity contribution in [2.75, 3.05) is 6.16 Å². The fourth-order valence-electron chi connectivity index (χ4n) is 2.79. The van der Waals surface area contributed by atoms with Crippen molar-refractivity contribution in [1.82, 2.24) is 5.09 Å². The van der Waals surface area contributed by atoms with Gasteiger partial charge in [-0.05, 0) is 17.9 Å². The molecule has 0 radical (unpaired) electrons. The molecule has 1 amide bonds. The molecule has 1 aromatic carbocycles. The molecule has 1 fully saturated rings. The molecule has 6 heteroatoms. The van der Waals surface area contributed by atoms with E-state index in [0.29, 0.717) is 12.3 Å². The Morgan fingerprint density at radius 1 is 1.23 bits per heavy atom. The van der Waals surface area contributed by atoms with Crippen LogP contribution in [0, 0.1) is 5.92 Å². The zero-order valence-corrected chi connectivity index (χ0v) is 13.6. The van der Waals surface area contributed by atoms with Gasteiger partial charge in [-0.25, -0.2) is 4.79 Å². The van der Waals surface area contributed by atoms with E-state index >= 15 is 0 Å². The summed E-state index contributed by atoms with van der Waals surface area (Å²) in [4.78, 5) is 21.5. The second-order valence-electron chi connectivity index (χ2n) is 5.89. The van der Waals surface area contributed by atoms with Crippen molar-refractivity contribution in [1.29, 1.82) is 0 Å². The van der Waals surface area contributed by atoms with Crippen LogP contribution in [0.2, 0.25) is 0 Å². The Kier molecular flexibility index (Phi) is 6.47. The minimum absolute atomic E-state index is 0.0926. The normalized spacial score (nSPS) is 18.4. The molecule has 1 unspecified atom stereocenters. The average Bonchev–Trinajstić information content (AvgIpc) is 2.53. The predicted octanol–water partition coefficient (Wildman–Crippen LogP) is 4.07. The molecule has 1 aromatic rings. The lowest BCUT2D eigenvalue weighted by Crippen LogP contribution is -2.23. The maximum atomic E-state index is 12.0. The summed E-state index contributed by atoms with van der Waals surface area (Å²) in [5.74, 6) is 0.511. The van der Waals surface area contributed by atoms with E-state index in [0.717, 1.165) is 18.4 Å². The highest BCUT2D eigenvalue weighted by Gasteiger charge is 2.24. The topological polar surface area (TPSA) is 75.6 Å². The largest absolute Gasteiger partial charge is 0.444 e. The molecule has 2 N–H and O–H groups in total. The summed E-state index contributed by atoms with van der Waals surface area (Å²) in [6, 6.07) is 9.22. The van der Waals surface area contributed by atoms with Crippen LogP contribution in [0.25, 0.3) is 0 Å². The van der Waals surface area contributed by atoms with Gasteiger partial charge in [0.05, 0.1) is 0 Å². The van der Waals surface area contributed by atoms with Gasteiger partial charge in [-0.15, -0.1) is 0 Å². The fraction of sp³-hybridized carbons (Fsp3) is 0.562. The lowest BCUT2D eigenvalue weighted by Gasteiger charge is -2.22. The van der Waals surface area contributed by atoms with Crippen LogP contribution in [-0.4, -0.2) is 17.1 Å². The van der Waals surface area contributed by atoms with E-state index in [2.05, 4.69) is 5.09 Å². The standard InChI is InChI=1S/C16H24NO4P/c18-16(21-13-15-9-5-2-6-10-15)17-22(19,20)12-11-14-7-3-1-4-8-14/h2,5-6,9-10,14H,1,3-4,7-8,11-13H2,(H2,17,18,19,20). The number of benzene rings is 1. The van der Waals surface area contributed by atoms with Crippen molar-refractivity contribution in [3.05, 3.63) is 35.9 Å². The molecule has 1 aliphatic rings. The SMILES string of the molecule is O=C(NP(=O)(O)CCC1CCCCC1)OCc1ccccc1. The molecule has 0 aromatic heterocycles. The molecule has 1 atom stereocenters. The first kappa shape index (κ1) is 17.0. The first-order valence-corrected chi connectivity index (χ1v) is 9.70. The molecule has 0 aliphatic heterocycles. The van der Waals surface area contributed by atoms with E-state index in [1.165, 1.54) is 19.3 Å². The summed E-state index contributed by atoms with van der Waals surface area (Å²) in [7, 11) is -3.66. The number of hydrogen-bond donors (Lipinski definition) is 2. The lowest BCUT2D eigenvalue weighted by atomic mass is 9.88. The van der Waals surface area contributed by atoms with E-state index in [1.54, 1.807) is 0 Å². The Labute approximate surface area is 131 Å². The molecule has 0 spiro atoms. The van der Waals surface area contributed by atoms with E-state index in [-0.39, 0.29) is 12.8 Å². The monoisotopic (exact) mass is 325 g/mol. The van der Waals surface area contributed by atoms with Crippen molar-refractivity contribution in [3.63, 3.8) is 0 Å². The minimum atomic E-state index is -3.66. The molecule has 5 nitrogen and oxygen atoms in total. The average molecular weight is 325 g/mol. The van der Waals surface area contributed by atoms with Gasteiger partial charge in [-0.2, -0.15) is 0 Å². The molecule has 2 rings (SSSR count). The van der Waals surface area contributed by atoms with Crippen molar-refractivity contribution in [3.8, 4) is 0 Å². The minimum Gasteiger partial charge on any atom is -0.444 e. The Morgan fingerprint density at radius 2 is 1.91 bits per heavy atom. The second-order valence-corrected chi connectivity index (χ2v) is 7.97. The number of amides is 1. The third-order valence-corrected chi connectivity index (χ3v) is 5.44. The van der Waals surface area contributed by atoms with Crippen LogP contribution in [0.3, 0.4) is 0 Å². The van der Waals surface area contributed by atoms with Crippen molar-refractivity contribution in [2.24, 2.45) is 5.92 Å². The summed E-state index contributed by atoms with van der Waals surface area (Å²) < 4.78 is 17.0. The number of carbonyl (C=O) groups is 1. The van der Waals surface area contributed by atoms with Crippen molar-refractivity contribution in [2.45, 2.75) is 45.1 Å². The van der Waals surface area contributed by atoms with Gasteiger partial charge >= 0.3 is 6.09 Å². The Balaban J connectivity index is 1.70. The number of hydrogen-bond acceptors (Lipinski definition) is 3. The first-order valence-electron chi connectivity index (χ1n) is 7.86. The van der Waals surface area contributed by atoms with Gasteiger partial charge in [0.15, 0.2) is 0 Å². The van der Waals surface area contributed by atoms with Crippen molar-refractivity contribution >= 4 is 13.6 Å². The zero-order valence-electron chi connectivity index (χ0n) is 12.7. The smallest absolute Gasteiger partial charge is 0.414 e. The summed E-state index contributed by atoms with van der Waals surface area (Å²) in [5.41, 5.74) is 0.840. The van der Waals surface area contributed by atoms with Gasteiger partial charge in [0.2, 0.25) is 0 Å². The zero-order chi connectivity index (χ0) is 15.8. The van der Waals surface area contributed by atoms with E-state index in [1.807, 2.05) is 30.3 Å². The fourth-order valence-corrected chi connectivity index (χ4v) is 3.96. The molecule has 0 heterocycles. The van der Waals surface area contributed by atoms with Crippen LogP contribution in [0.4, 0.5) is 4.79 Å². The quantitative estimate of drug-likeness (QED) is 0.773. The highest BCUT2D eigenvalue weighted by atomic mass is 31.2. The number of carbonyl (C=O) groups excluding carboxylic acids is 1. The second kappa shape index (κ2) is 8.35. The lowest BCUT2D eigenvalue weighted by molar-refractivity contribution is 0.145. The molecule has 0 bridgehead atoms. The predicted molar refractivity (Wildman–Crippen MR) is 85.6 cm³/mol. The van der Waals surface area contributed by atoms with E-state index in [4.69, 9.17) is 4.74 Å². The molecular weight excluding hydrogens is 301 g/mol. The van der Waals surface area contributed by atoms with Crippen LogP contribution in [0.1, 0.15) is 44.1 Å². The van der Waals surface area contributed by atoms with Crippen molar-refractivity contribution < 1.29 is 19.0 Å². The summed E-state index contributed by atoms with van der Waals surface area (Å²) in [6.07, 6.45) is 5.89. The number of rotatable bonds is 6.